The monoisotopic (exact) mass is 607 g/mol. The maximum atomic E-state index is 14.1. The van der Waals surface area contributed by atoms with E-state index in [4.69, 9.17) is 9.47 Å². The van der Waals surface area contributed by atoms with Gasteiger partial charge in [-0.05, 0) is 64.5 Å². The number of hydrogen-bond acceptors (Lipinski definition) is 6. The van der Waals surface area contributed by atoms with Crippen LogP contribution in [0.2, 0.25) is 0 Å². The predicted octanol–water partition coefficient (Wildman–Crippen LogP) is 5.84. The molecule has 3 atom stereocenters. The van der Waals surface area contributed by atoms with Gasteiger partial charge in [-0.3, -0.25) is 4.79 Å². The molecule has 2 amide bonds. The second-order valence-electron chi connectivity index (χ2n) is 14.4. The van der Waals surface area contributed by atoms with E-state index in [-0.39, 0.29) is 25.0 Å². The molecule has 2 aromatic carbocycles. The minimum absolute atomic E-state index is 0.0395. The first-order valence-electron chi connectivity index (χ1n) is 15.5. The molecule has 1 fully saturated rings. The number of carbonyl (C=O) groups excluding carboxylic acids is 2. The van der Waals surface area contributed by atoms with Crippen molar-refractivity contribution in [3.63, 3.8) is 0 Å². The number of ether oxygens (including phenoxy) is 2. The summed E-state index contributed by atoms with van der Waals surface area (Å²) in [4.78, 5) is 43.1. The van der Waals surface area contributed by atoms with E-state index in [0.29, 0.717) is 0 Å². The fourth-order valence-electron chi connectivity index (χ4n) is 6.33. The van der Waals surface area contributed by atoms with Crippen LogP contribution >= 0.6 is 0 Å². The molecule has 2 aromatic rings. The molecule has 44 heavy (non-hydrogen) atoms. The summed E-state index contributed by atoms with van der Waals surface area (Å²) >= 11 is 0. The zero-order chi connectivity index (χ0) is 32.4. The zero-order valence-electron chi connectivity index (χ0n) is 27.5. The Bertz CT molecular complexity index is 1360. The second kappa shape index (κ2) is 12.8. The van der Waals surface area contributed by atoms with Crippen LogP contribution < -0.4 is 10.2 Å². The summed E-state index contributed by atoms with van der Waals surface area (Å²) in [6.45, 7) is 9.90. The lowest BCUT2D eigenvalue weighted by atomic mass is 9.85. The number of aryl methyl sites for hydroxylation is 1. The average Bonchev–Trinajstić information content (AvgIpc) is 3.38. The minimum Gasteiger partial charge on any atom is -0.480 e. The van der Waals surface area contributed by atoms with E-state index in [9.17, 15) is 19.5 Å². The van der Waals surface area contributed by atoms with Crippen molar-refractivity contribution in [3.8, 4) is 11.1 Å². The minimum atomic E-state index is -1.12. The quantitative estimate of drug-likeness (QED) is 0.451. The number of amides is 2. The van der Waals surface area contributed by atoms with Crippen LogP contribution in [-0.4, -0.2) is 74.4 Å². The molecule has 5 rings (SSSR count). The van der Waals surface area contributed by atoms with Crippen LogP contribution in [0, 0.1) is 10.8 Å². The van der Waals surface area contributed by atoms with Crippen LogP contribution in [0.25, 0.3) is 11.1 Å². The smallest absolute Gasteiger partial charge is 0.407 e. The van der Waals surface area contributed by atoms with E-state index in [1.54, 1.807) is 7.11 Å². The van der Waals surface area contributed by atoms with E-state index in [1.807, 2.05) is 47.0 Å². The SMILES string of the molecule is CO[C@@]12C[C@@H](C(=O)O)N(C1)C(=O)[C@H](C(C)(C)C)NC(=O)OCC(C)(C)CCCCc1cc(N(C)C)ccc1-c1ccc2cc1. The van der Waals surface area contributed by atoms with Crippen molar-refractivity contribution < 1.29 is 29.0 Å². The number of aliphatic carboxylic acids is 1. The lowest BCUT2D eigenvalue weighted by Crippen LogP contribution is -2.57. The fraction of sp³-hybridized carbons (Fsp3) is 0.571. The molecule has 0 saturated carbocycles. The number of carboxylic acids is 1. The highest BCUT2D eigenvalue weighted by atomic mass is 16.5. The Balaban J connectivity index is 1.79. The summed E-state index contributed by atoms with van der Waals surface area (Å²) in [5.41, 5.74) is 3.43. The highest BCUT2D eigenvalue weighted by Crippen LogP contribution is 2.41. The third-order valence-electron chi connectivity index (χ3n) is 9.13. The topological polar surface area (TPSA) is 108 Å². The molecule has 240 valence electrons. The first-order chi connectivity index (χ1) is 20.6. The van der Waals surface area contributed by atoms with Crippen molar-refractivity contribution in [2.24, 2.45) is 10.8 Å². The summed E-state index contributed by atoms with van der Waals surface area (Å²) in [6, 6.07) is 12.5. The molecule has 2 N–H and O–H groups in total. The van der Waals surface area contributed by atoms with Gasteiger partial charge >= 0.3 is 12.1 Å². The lowest BCUT2D eigenvalue weighted by molar-refractivity contribution is -0.150. The van der Waals surface area contributed by atoms with E-state index < -0.39 is 41.1 Å². The molecular formula is C35H49N3O6. The normalized spacial score (nSPS) is 24.7. The number of carboxylic acid groups (broad SMARTS) is 1. The largest absolute Gasteiger partial charge is 0.480 e. The van der Waals surface area contributed by atoms with Gasteiger partial charge in [0, 0.05) is 33.3 Å². The molecule has 0 radical (unpaired) electrons. The van der Waals surface area contributed by atoms with Gasteiger partial charge in [0.2, 0.25) is 5.91 Å². The molecule has 0 spiro atoms. The van der Waals surface area contributed by atoms with Crippen molar-refractivity contribution in [2.75, 3.05) is 39.3 Å². The molecule has 3 aliphatic rings. The Hall–Kier alpha value is -3.59. The van der Waals surface area contributed by atoms with Crippen molar-refractivity contribution in [2.45, 2.75) is 84.4 Å². The third kappa shape index (κ3) is 7.20. The van der Waals surface area contributed by atoms with Crippen LogP contribution in [-0.2, 0) is 31.1 Å². The van der Waals surface area contributed by atoms with E-state index in [0.717, 1.165) is 48.1 Å². The average molecular weight is 608 g/mol. The molecule has 1 saturated heterocycles. The number of carbonyl (C=O) groups is 3. The van der Waals surface area contributed by atoms with Gasteiger partial charge in [0.15, 0.2) is 0 Å². The van der Waals surface area contributed by atoms with Crippen LogP contribution in [0.5, 0.6) is 0 Å². The Morgan fingerprint density at radius 2 is 1.77 bits per heavy atom. The first kappa shape index (κ1) is 33.3. The number of benzene rings is 2. The van der Waals surface area contributed by atoms with Gasteiger partial charge in [-0.15, -0.1) is 0 Å². The highest BCUT2D eigenvalue weighted by Gasteiger charge is 2.52. The van der Waals surface area contributed by atoms with E-state index in [1.165, 1.54) is 10.5 Å². The van der Waals surface area contributed by atoms with Gasteiger partial charge in [-0.25, -0.2) is 9.59 Å². The summed E-state index contributed by atoms with van der Waals surface area (Å²) in [7, 11) is 5.62. The van der Waals surface area contributed by atoms with Gasteiger partial charge in [0.1, 0.15) is 17.7 Å². The van der Waals surface area contributed by atoms with Crippen molar-refractivity contribution in [1.82, 2.24) is 10.2 Å². The van der Waals surface area contributed by atoms with Crippen LogP contribution in [0.3, 0.4) is 0 Å². The molecule has 0 aromatic heterocycles. The Morgan fingerprint density at radius 3 is 2.36 bits per heavy atom. The number of alkyl carbamates (subject to hydrolysis) is 1. The predicted molar refractivity (Wildman–Crippen MR) is 172 cm³/mol. The Kier molecular flexibility index (Phi) is 9.69. The van der Waals surface area contributed by atoms with Gasteiger partial charge in [0.05, 0.1) is 13.2 Å². The maximum Gasteiger partial charge on any atom is 0.407 e. The molecule has 0 unspecified atom stereocenters. The number of anilines is 1. The number of nitrogens with one attached hydrogen (secondary N) is 1. The molecular weight excluding hydrogens is 558 g/mol. The summed E-state index contributed by atoms with van der Waals surface area (Å²) in [6.07, 6.45) is 3.12. The number of nitrogens with zero attached hydrogens (tertiary/aromatic N) is 2. The van der Waals surface area contributed by atoms with Crippen molar-refractivity contribution in [1.29, 1.82) is 0 Å². The number of rotatable bonds is 3. The second-order valence-corrected chi connectivity index (χ2v) is 14.4. The summed E-state index contributed by atoms with van der Waals surface area (Å²) in [5.74, 6) is -1.59. The van der Waals surface area contributed by atoms with Crippen LogP contribution in [0.1, 0.15) is 71.4 Å². The molecule has 4 bridgehead atoms. The van der Waals surface area contributed by atoms with Crippen molar-refractivity contribution >= 4 is 23.7 Å². The van der Waals surface area contributed by atoms with Gasteiger partial charge in [0.25, 0.3) is 0 Å². The zero-order valence-corrected chi connectivity index (χ0v) is 27.5. The van der Waals surface area contributed by atoms with E-state index in [2.05, 4.69) is 54.4 Å². The fourth-order valence-corrected chi connectivity index (χ4v) is 6.33. The maximum absolute atomic E-state index is 14.1. The molecule has 3 heterocycles. The Labute approximate surface area is 261 Å². The van der Waals surface area contributed by atoms with Crippen LogP contribution in [0.4, 0.5) is 10.5 Å². The van der Waals surface area contributed by atoms with E-state index >= 15 is 0 Å². The van der Waals surface area contributed by atoms with Crippen molar-refractivity contribution in [3.05, 3.63) is 53.6 Å². The molecule has 9 nitrogen and oxygen atoms in total. The van der Waals surface area contributed by atoms with Crippen LogP contribution in [0.15, 0.2) is 42.5 Å². The molecule has 9 heteroatoms. The lowest BCUT2D eigenvalue weighted by Gasteiger charge is -2.35. The summed E-state index contributed by atoms with van der Waals surface area (Å²) in [5, 5.41) is 13.0. The third-order valence-corrected chi connectivity index (χ3v) is 9.13. The standard InChI is InChI=1S/C35H49N3O6/c1-33(2,3)29-30(39)38-21-35(43-8,20-28(38)31(40)41)25-14-12-23(13-15-25)27-17-16-26(37(6)7)19-24(27)11-9-10-18-34(4,5)22-44-32(42)36-29/h12-17,19,28-29H,9-11,18,20-22H2,1-8H3,(H,36,42)(H,40,41)/t28-,29+,35-/m0/s1. The number of methoxy groups -OCH3 is 1. The first-order valence-corrected chi connectivity index (χ1v) is 15.5. The number of fused-ring (bicyclic) bond motifs is 12. The van der Waals surface area contributed by atoms with Gasteiger partial charge < -0.3 is 29.7 Å². The molecule has 3 aliphatic heterocycles. The van der Waals surface area contributed by atoms with Gasteiger partial charge in [-0.2, -0.15) is 0 Å². The summed E-state index contributed by atoms with van der Waals surface area (Å²) < 4.78 is 11.7. The molecule has 0 aliphatic carbocycles. The Morgan fingerprint density at radius 1 is 1.09 bits per heavy atom. The van der Waals surface area contributed by atoms with Gasteiger partial charge in [-0.1, -0.05) is 71.4 Å². The number of hydrogen-bond donors (Lipinski definition) is 2. The highest BCUT2D eigenvalue weighted by molar-refractivity contribution is 5.90.